The number of alkyl halides is 1. The van der Waals surface area contributed by atoms with Gasteiger partial charge in [-0.25, -0.2) is 4.39 Å². The number of hydrogen-bond acceptors (Lipinski definition) is 1. The fourth-order valence-corrected chi connectivity index (χ4v) is 1.14. The monoisotopic (exact) mass is 129 g/mol. The Morgan fingerprint density at radius 1 is 1.78 bits per heavy atom. The number of likely N-dealkylation sites (tertiary alicyclic amines) is 1. The second kappa shape index (κ2) is 2.48. The molecule has 0 spiro atoms. The van der Waals surface area contributed by atoms with Gasteiger partial charge in [0.2, 0.25) is 0 Å². The average molecular weight is 129 g/mol. The minimum Gasteiger partial charge on any atom is -0.299 e. The lowest BCUT2D eigenvalue weighted by Gasteiger charge is -2.01. The normalized spacial score (nSPS) is 34.1. The van der Waals surface area contributed by atoms with Gasteiger partial charge in [-0.15, -0.1) is 0 Å². The van der Waals surface area contributed by atoms with Crippen molar-refractivity contribution < 1.29 is 4.39 Å². The van der Waals surface area contributed by atoms with E-state index in [4.69, 9.17) is 0 Å². The fourth-order valence-electron chi connectivity index (χ4n) is 1.14. The maximum atomic E-state index is 12.7. The Morgan fingerprint density at radius 3 is 2.67 bits per heavy atom. The summed E-state index contributed by atoms with van der Waals surface area (Å²) in [6.07, 6.45) is 1.16. The molecule has 1 fully saturated rings. The Kier molecular flexibility index (Phi) is 1.86. The van der Waals surface area contributed by atoms with Crippen LogP contribution in [0.2, 0.25) is 0 Å². The molecule has 1 atom stereocenters. The molecule has 1 rings (SSSR count). The zero-order chi connectivity index (χ0) is 6.85. The van der Waals surface area contributed by atoms with Crippen LogP contribution in [0.4, 0.5) is 4.39 Å². The lowest BCUT2D eigenvalue weighted by atomic mass is 10.2. The van der Waals surface area contributed by atoms with Crippen molar-refractivity contribution in [2.24, 2.45) is 0 Å². The molecule has 1 unspecified atom stereocenters. The van der Waals surface area contributed by atoms with E-state index in [0.29, 0.717) is 6.54 Å². The summed E-state index contributed by atoms with van der Waals surface area (Å²) < 4.78 is 12.7. The highest BCUT2D eigenvalue weighted by molar-refractivity contribution is 5.14. The van der Waals surface area contributed by atoms with E-state index in [-0.39, 0.29) is 0 Å². The van der Waals surface area contributed by atoms with Crippen molar-refractivity contribution in [1.29, 1.82) is 0 Å². The van der Waals surface area contributed by atoms with Crippen LogP contribution in [-0.2, 0) is 0 Å². The molecule has 0 N–H and O–H groups in total. The highest BCUT2D eigenvalue weighted by Crippen LogP contribution is 2.16. The lowest BCUT2D eigenvalue weighted by Crippen LogP contribution is -2.13. The van der Waals surface area contributed by atoms with Crippen LogP contribution in [0.1, 0.15) is 6.92 Å². The lowest BCUT2D eigenvalue weighted by molar-refractivity contribution is 0.332. The third kappa shape index (κ3) is 1.30. The molecule has 0 aliphatic carbocycles. The smallest absolute Gasteiger partial charge is 0.135 e. The van der Waals surface area contributed by atoms with E-state index < -0.39 is 6.17 Å². The molecule has 1 aliphatic rings. The molecule has 0 aromatic rings. The summed E-state index contributed by atoms with van der Waals surface area (Å²) in [6.45, 7) is 3.26. The quantitative estimate of drug-likeness (QED) is 0.444. The van der Waals surface area contributed by atoms with Crippen molar-refractivity contribution >= 4 is 0 Å². The number of rotatable bonds is 0. The van der Waals surface area contributed by atoms with Crippen LogP contribution >= 0.6 is 0 Å². The van der Waals surface area contributed by atoms with Gasteiger partial charge in [-0.05, 0) is 19.5 Å². The SMILES string of the molecule is C/C=C1/CN(C)CC1F. The van der Waals surface area contributed by atoms with Crippen LogP contribution in [0.3, 0.4) is 0 Å². The molecular formula is C7H12FN. The van der Waals surface area contributed by atoms with Crippen LogP contribution in [0, 0.1) is 0 Å². The minimum absolute atomic E-state index is 0.569. The third-order valence-corrected chi connectivity index (χ3v) is 1.70. The number of nitrogens with zero attached hydrogens (tertiary/aromatic N) is 1. The molecule has 0 aromatic carbocycles. The van der Waals surface area contributed by atoms with E-state index in [0.717, 1.165) is 12.1 Å². The molecule has 1 nitrogen and oxygen atoms in total. The first-order valence-electron chi connectivity index (χ1n) is 3.21. The molecule has 52 valence electrons. The molecule has 1 aliphatic heterocycles. The van der Waals surface area contributed by atoms with E-state index in [2.05, 4.69) is 0 Å². The first-order valence-corrected chi connectivity index (χ1v) is 3.21. The second-order valence-corrected chi connectivity index (χ2v) is 2.53. The van der Waals surface area contributed by atoms with Crippen LogP contribution in [0.25, 0.3) is 0 Å². The first kappa shape index (κ1) is 6.75. The summed E-state index contributed by atoms with van der Waals surface area (Å²) in [5, 5.41) is 0. The molecular weight excluding hydrogens is 117 g/mol. The van der Waals surface area contributed by atoms with Gasteiger partial charge in [0.15, 0.2) is 0 Å². The Hall–Kier alpha value is -0.370. The van der Waals surface area contributed by atoms with E-state index in [1.165, 1.54) is 0 Å². The molecule has 0 aromatic heterocycles. The van der Waals surface area contributed by atoms with Gasteiger partial charge in [0.1, 0.15) is 6.17 Å². The summed E-state index contributed by atoms with van der Waals surface area (Å²) in [5.41, 5.74) is 0.928. The van der Waals surface area contributed by atoms with Crippen LogP contribution in [-0.4, -0.2) is 31.2 Å². The van der Waals surface area contributed by atoms with E-state index in [1.54, 1.807) is 0 Å². The van der Waals surface area contributed by atoms with Gasteiger partial charge >= 0.3 is 0 Å². The van der Waals surface area contributed by atoms with Crippen molar-refractivity contribution in [2.75, 3.05) is 20.1 Å². The standard InChI is InChI=1S/C7H12FN/c1-3-6-4-9(2)5-7(6)8/h3,7H,4-5H2,1-2H3/b6-3-. The summed E-state index contributed by atoms with van der Waals surface area (Å²) >= 11 is 0. The number of likely N-dealkylation sites (N-methyl/N-ethyl adjacent to an activating group) is 1. The molecule has 0 radical (unpaired) electrons. The molecule has 1 heterocycles. The van der Waals surface area contributed by atoms with E-state index in [1.807, 2.05) is 24.9 Å². The van der Waals surface area contributed by atoms with Crippen LogP contribution in [0.5, 0.6) is 0 Å². The van der Waals surface area contributed by atoms with E-state index >= 15 is 0 Å². The molecule has 2 heteroatoms. The molecule has 0 saturated carbocycles. The highest BCUT2D eigenvalue weighted by Gasteiger charge is 2.22. The van der Waals surface area contributed by atoms with Gasteiger partial charge < -0.3 is 0 Å². The zero-order valence-corrected chi connectivity index (χ0v) is 5.89. The minimum atomic E-state index is -0.708. The van der Waals surface area contributed by atoms with E-state index in [9.17, 15) is 4.39 Å². The van der Waals surface area contributed by atoms with Gasteiger partial charge in [-0.3, -0.25) is 4.90 Å². The Bertz CT molecular complexity index is 131. The van der Waals surface area contributed by atoms with Crippen molar-refractivity contribution in [3.8, 4) is 0 Å². The maximum Gasteiger partial charge on any atom is 0.135 e. The molecule has 1 saturated heterocycles. The Balaban J connectivity index is 2.58. The summed E-state index contributed by atoms with van der Waals surface area (Å²) in [6, 6.07) is 0. The molecule has 0 bridgehead atoms. The van der Waals surface area contributed by atoms with Crippen molar-refractivity contribution in [3.05, 3.63) is 11.6 Å². The average Bonchev–Trinajstić information content (AvgIpc) is 2.10. The topological polar surface area (TPSA) is 3.24 Å². The number of halogens is 1. The predicted octanol–water partition coefficient (Wildman–Crippen LogP) is 1.22. The number of hydrogen-bond donors (Lipinski definition) is 0. The van der Waals surface area contributed by atoms with Crippen molar-refractivity contribution in [1.82, 2.24) is 4.90 Å². The highest BCUT2D eigenvalue weighted by atomic mass is 19.1. The maximum absolute atomic E-state index is 12.7. The van der Waals surface area contributed by atoms with Crippen LogP contribution in [0.15, 0.2) is 11.6 Å². The van der Waals surface area contributed by atoms with Gasteiger partial charge in [-0.1, -0.05) is 6.08 Å². The summed E-state index contributed by atoms with van der Waals surface area (Å²) in [5.74, 6) is 0. The Morgan fingerprint density at radius 2 is 2.44 bits per heavy atom. The summed E-state index contributed by atoms with van der Waals surface area (Å²) in [4.78, 5) is 1.99. The van der Waals surface area contributed by atoms with Gasteiger partial charge in [-0.2, -0.15) is 0 Å². The predicted molar refractivity (Wildman–Crippen MR) is 36.1 cm³/mol. The third-order valence-electron chi connectivity index (χ3n) is 1.70. The zero-order valence-electron chi connectivity index (χ0n) is 5.89. The first-order chi connectivity index (χ1) is 4.24. The number of allylic oxidation sites excluding steroid dienone is 1. The Labute approximate surface area is 55.2 Å². The second-order valence-electron chi connectivity index (χ2n) is 2.53. The molecule has 0 amide bonds. The van der Waals surface area contributed by atoms with Crippen molar-refractivity contribution in [3.63, 3.8) is 0 Å². The largest absolute Gasteiger partial charge is 0.299 e. The fraction of sp³-hybridized carbons (Fsp3) is 0.714. The van der Waals surface area contributed by atoms with Crippen LogP contribution < -0.4 is 0 Å². The van der Waals surface area contributed by atoms with Gasteiger partial charge in [0, 0.05) is 13.1 Å². The molecule has 9 heavy (non-hydrogen) atoms. The van der Waals surface area contributed by atoms with Crippen molar-refractivity contribution in [2.45, 2.75) is 13.1 Å². The van der Waals surface area contributed by atoms with Gasteiger partial charge in [0.05, 0.1) is 0 Å². The van der Waals surface area contributed by atoms with Gasteiger partial charge in [0.25, 0.3) is 0 Å². The summed E-state index contributed by atoms with van der Waals surface area (Å²) in [7, 11) is 1.93.